The van der Waals surface area contributed by atoms with Crippen molar-refractivity contribution in [2.45, 2.75) is 6.61 Å². The summed E-state index contributed by atoms with van der Waals surface area (Å²) in [5.74, 6) is 0.410. The van der Waals surface area contributed by atoms with E-state index in [0.717, 1.165) is 15.0 Å². The Morgan fingerprint density at radius 2 is 2.21 bits per heavy atom. The largest absolute Gasteiger partial charge is 0.485 e. The highest BCUT2D eigenvalue weighted by molar-refractivity contribution is 9.11. The van der Waals surface area contributed by atoms with Crippen molar-refractivity contribution >= 4 is 56.3 Å². The highest BCUT2D eigenvalue weighted by atomic mass is 79.9. The first-order valence-electron chi connectivity index (χ1n) is 7.03. The van der Waals surface area contributed by atoms with Crippen LogP contribution in [0.15, 0.2) is 56.5 Å². The molecule has 24 heavy (non-hydrogen) atoms. The number of anilines is 1. The number of thiophene rings is 1. The molecular formula is C17H13BrN2O2S2. The molecule has 1 aromatic carbocycles. The lowest BCUT2D eigenvalue weighted by molar-refractivity contribution is -0.111. The van der Waals surface area contributed by atoms with Gasteiger partial charge in [-0.25, -0.2) is 4.98 Å². The number of nitrogens with one attached hydrogen (secondary N) is 1. The minimum Gasteiger partial charge on any atom is -0.485 e. The second-order valence-electron chi connectivity index (χ2n) is 4.77. The van der Waals surface area contributed by atoms with Gasteiger partial charge in [0.05, 0.1) is 20.7 Å². The second kappa shape index (κ2) is 8.23. The number of aromatic nitrogens is 1. The van der Waals surface area contributed by atoms with E-state index in [2.05, 4.69) is 26.2 Å². The fourth-order valence-electron chi connectivity index (χ4n) is 1.91. The summed E-state index contributed by atoms with van der Waals surface area (Å²) < 4.78 is 6.78. The molecule has 0 fully saturated rings. The number of thiazole rings is 1. The third-order valence-electron chi connectivity index (χ3n) is 3.02. The summed E-state index contributed by atoms with van der Waals surface area (Å²) in [7, 11) is 0. The van der Waals surface area contributed by atoms with Gasteiger partial charge < -0.3 is 10.1 Å². The lowest BCUT2D eigenvalue weighted by Gasteiger charge is -2.10. The fraction of sp³-hybridized carbons (Fsp3) is 0.0588. The molecule has 0 spiro atoms. The Morgan fingerprint density at radius 1 is 1.33 bits per heavy atom. The van der Waals surface area contributed by atoms with Gasteiger partial charge in [0.1, 0.15) is 12.4 Å². The van der Waals surface area contributed by atoms with Crippen LogP contribution in [0, 0.1) is 0 Å². The van der Waals surface area contributed by atoms with Crippen LogP contribution in [-0.4, -0.2) is 10.9 Å². The van der Waals surface area contributed by atoms with E-state index in [4.69, 9.17) is 4.74 Å². The van der Waals surface area contributed by atoms with Gasteiger partial charge in [-0.15, -0.1) is 22.7 Å². The van der Waals surface area contributed by atoms with Crippen LogP contribution in [0.5, 0.6) is 5.75 Å². The average Bonchev–Trinajstić information content (AvgIpc) is 3.24. The molecular weight excluding hydrogens is 408 g/mol. The zero-order chi connectivity index (χ0) is 16.8. The predicted molar refractivity (Wildman–Crippen MR) is 103 cm³/mol. The molecule has 3 aromatic rings. The molecule has 0 saturated carbocycles. The van der Waals surface area contributed by atoms with Crippen molar-refractivity contribution in [2.75, 3.05) is 5.32 Å². The van der Waals surface area contributed by atoms with Crippen LogP contribution in [0.1, 0.15) is 11.3 Å². The lowest BCUT2D eigenvalue weighted by Crippen LogP contribution is -2.09. The van der Waals surface area contributed by atoms with Crippen molar-refractivity contribution in [1.29, 1.82) is 0 Å². The number of hydrogen-bond donors (Lipinski definition) is 1. The summed E-state index contributed by atoms with van der Waals surface area (Å²) in [4.78, 5) is 16.3. The van der Waals surface area contributed by atoms with Gasteiger partial charge in [0.15, 0.2) is 0 Å². The normalized spacial score (nSPS) is 10.9. The predicted octanol–water partition coefficient (Wildman–Crippen LogP) is 5.20. The highest BCUT2D eigenvalue weighted by Crippen LogP contribution is 2.25. The van der Waals surface area contributed by atoms with Crippen molar-refractivity contribution in [1.82, 2.24) is 4.98 Å². The molecule has 0 radical (unpaired) electrons. The molecule has 0 aliphatic heterocycles. The van der Waals surface area contributed by atoms with Crippen molar-refractivity contribution in [3.8, 4) is 5.75 Å². The Labute approximate surface area is 156 Å². The van der Waals surface area contributed by atoms with Gasteiger partial charge in [-0.3, -0.25) is 4.79 Å². The van der Waals surface area contributed by atoms with Crippen molar-refractivity contribution < 1.29 is 9.53 Å². The van der Waals surface area contributed by atoms with Crippen LogP contribution in [-0.2, 0) is 11.4 Å². The summed E-state index contributed by atoms with van der Waals surface area (Å²) in [6, 6.07) is 9.31. The van der Waals surface area contributed by atoms with Crippen molar-refractivity contribution in [3.63, 3.8) is 0 Å². The summed E-state index contributed by atoms with van der Waals surface area (Å²) in [5, 5.41) is 6.75. The zero-order valence-corrected chi connectivity index (χ0v) is 15.7. The van der Waals surface area contributed by atoms with E-state index in [1.807, 2.05) is 41.1 Å². The van der Waals surface area contributed by atoms with Crippen molar-refractivity contribution in [2.24, 2.45) is 0 Å². The molecule has 0 saturated heterocycles. The zero-order valence-electron chi connectivity index (χ0n) is 12.4. The van der Waals surface area contributed by atoms with Gasteiger partial charge in [0, 0.05) is 11.5 Å². The number of halogens is 1. The van der Waals surface area contributed by atoms with Crippen molar-refractivity contribution in [3.05, 3.63) is 67.7 Å². The highest BCUT2D eigenvalue weighted by Gasteiger charge is 2.06. The van der Waals surface area contributed by atoms with Gasteiger partial charge in [0.25, 0.3) is 0 Å². The number of para-hydroxylation sites is 2. The summed E-state index contributed by atoms with van der Waals surface area (Å²) in [6.07, 6.45) is 3.28. The maximum atomic E-state index is 12.1. The molecule has 2 aromatic heterocycles. The monoisotopic (exact) mass is 420 g/mol. The van der Waals surface area contributed by atoms with E-state index < -0.39 is 0 Å². The standard InChI is InChI=1S/C17H13BrN2O2S2/c18-16-7-12(9-24-16)5-6-17(21)20-14-3-1-2-4-15(14)22-8-13-10-23-11-19-13/h1-7,9-11H,8H2,(H,20,21)/b6-5+. The Morgan fingerprint density at radius 3 is 2.96 bits per heavy atom. The quantitative estimate of drug-likeness (QED) is 0.557. The van der Waals surface area contributed by atoms with Gasteiger partial charge >= 0.3 is 0 Å². The number of ether oxygens (including phenoxy) is 1. The van der Waals surface area contributed by atoms with Gasteiger partial charge in [-0.1, -0.05) is 12.1 Å². The van der Waals surface area contributed by atoms with Gasteiger partial charge in [0.2, 0.25) is 5.91 Å². The number of amides is 1. The van der Waals surface area contributed by atoms with Crippen LogP contribution in [0.25, 0.3) is 6.08 Å². The maximum Gasteiger partial charge on any atom is 0.248 e. The average molecular weight is 421 g/mol. The van der Waals surface area contributed by atoms with E-state index in [-0.39, 0.29) is 5.91 Å². The van der Waals surface area contributed by atoms with Crippen LogP contribution in [0.3, 0.4) is 0 Å². The molecule has 7 heteroatoms. The maximum absolute atomic E-state index is 12.1. The van der Waals surface area contributed by atoms with E-state index in [1.54, 1.807) is 22.9 Å². The van der Waals surface area contributed by atoms with Gasteiger partial charge in [-0.05, 0) is 51.1 Å². The number of carbonyl (C=O) groups is 1. The Hall–Kier alpha value is -1.96. The Balaban J connectivity index is 1.63. The number of rotatable bonds is 6. The SMILES string of the molecule is O=C(/C=C/c1csc(Br)c1)Nc1ccccc1OCc1cscn1. The molecule has 0 aliphatic rings. The minimum atomic E-state index is -0.206. The van der Waals surface area contributed by atoms with Gasteiger partial charge in [-0.2, -0.15) is 0 Å². The number of nitrogens with zero attached hydrogens (tertiary/aromatic N) is 1. The smallest absolute Gasteiger partial charge is 0.248 e. The third-order valence-corrected chi connectivity index (χ3v) is 5.18. The fourth-order valence-corrected chi connectivity index (χ4v) is 3.60. The van der Waals surface area contributed by atoms with Crippen LogP contribution < -0.4 is 10.1 Å². The molecule has 2 heterocycles. The molecule has 3 rings (SSSR count). The van der Waals surface area contributed by atoms with E-state index in [0.29, 0.717) is 18.0 Å². The molecule has 1 amide bonds. The topological polar surface area (TPSA) is 51.2 Å². The lowest BCUT2D eigenvalue weighted by atomic mass is 10.2. The van der Waals surface area contributed by atoms with Crippen LogP contribution in [0.2, 0.25) is 0 Å². The third kappa shape index (κ3) is 4.77. The van der Waals surface area contributed by atoms with Crippen LogP contribution >= 0.6 is 38.6 Å². The molecule has 0 unspecified atom stereocenters. The number of hydrogen-bond acceptors (Lipinski definition) is 5. The number of benzene rings is 1. The molecule has 4 nitrogen and oxygen atoms in total. The molecule has 0 aliphatic carbocycles. The molecule has 0 bridgehead atoms. The summed E-state index contributed by atoms with van der Waals surface area (Å²) in [5.41, 5.74) is 4.24. The summed E-state index contributed by atoms with van der Waals surface area (Å²) in [6.45, 7) is 0.370. The minimum absolute atomic E-state index is 0.206. The first-order chi connectivity index (χ1) is 11.7. The van der Waals surface area contributed by atoms with E-state index in [1.165, 1.54) is 17.4 Å². The van der Waals surface area contributed by atoms with E-state index >= 15 is 0 Å². The second-order valence-corrected chi connectivity index (χ2v) is 7.78. The Bertz CT molecular complexity index is 844. The van der Waals surface area contributed by atoms with E-state index in [9.17, 15) is 4.79 Å². The first kappa shape index (κ1) is 16.9. The van der Waals surface area contributed by atoms with Crippen LogP contribution in [0.4, 0.5) is 5.69 Å². The summed E-state index contributed by atoms with van der Waals surface area (Å²) >= 11 is 6.50. The Kier molecular flexibility index (Phi) is 5.79. The number of carbonyl (C=O) groups excluding carboxylic acids is 1. The first-order valence-corrected chi connectivity index (χ1v) is 9.64. The molecule has 1 N–H and O–H groups in total. The molecule has 0 atom stereocenters. The molecule has 122 valence electrons.